The lowest BCUT2D eigenvalue weighted by Crippen LogP contribution is -2.38. The van der Waals surface area contributed by atoms with Gasteiger partial charge in [0.2, 0.25) is 5.95 Å². The number of amides is 1. The number of carboxylic acid groups (broad SMARTS) is 1. The zero-order valence-corrected chi connectivity index (χ0v) is 19.1. The molecule has 1 aliphatic heterocycles. The van der Waals surface area contributed by atoms with Crippen LogP contribution in [0, 0.1) is 28.6 Å². The molecule has 4 N–H and O–H groups in total. The maximum atomic E-state index is 11.1. The lowest BCUT2D eigenvalue weighted by Gasteiger charge is -2.22. The first-order valence-corrected chi connectivity index (χ1v) is 10.9. The van der Waals surface area contributed by atoms with Gasteiger partial charge in [0.15, 0.2) is 17.2 Å². The minimum atomic E-state index is -1.08. The molecular weight excluding hydrogens is 460 g/mol. The summed E-state index contributed by atoms with van der Waals surface area (Å²) in [6, 6.07) is 7.15. The second kappa shape index (κ2) is 9.29. The van der Waals surface area contributed by atoms with Crippen molar-refractivity contribution in [2.45, 2.75) is 19.9 Å². The molecular formula is C21H21ClN10O2. The van der Waals surface area contributed by atoms with Crippen molar-refractivity contribution in [3.63, 3.8) is 0 Å². The fourth-order valence-electron chi connectivity index (χ4n) is 3.92. The minimum Gasteiger partial charge on any atom is -0.465 e. The number of benzene rings is 1. The number of nitriles is 2. The lowest BCUT2D eigenvalue weighted by atomic mass is 10.1. The summed E-state index contributed by atoms with van der Waals surface area (Å²) in [5.41, 5.74) is 2.00. The van der Waals surface area contributed by atoms with E-state index in [2.05, 4.69) is 37.1 Å². The summed E-state index contributed by atoms with van der Waals surface area (Å²) in [5, 5.41) is 41.4. The van der Waals surface area contributed by atoms with Crippen molar-refractivity contribution in [2.24, 2.45) is 5.92 Å². The van der Waals surface area contributed by atoms with E-state index in [0.29, 0.717) is 53.1 Å². The highest BCUT2D eigenvalue weighted by Crippen LogP contribution is 2.38. The number of fused-ring (bicyclic) bond motifs is 1. The summed E-state index contributed by atoms with van der Waals surface area (Å²) < 4.78 is 1.38. The predicted molar refractivity (Wildman–Crippen MR) is 125 cm³/mol. The number of rotatable bonds is 6. The van der Waals surface area contributed by atoms with Crippen molar-refractivity contribution in [1.29, 1.82) is 10.5 Å². The standard InChI is InChI=1S/C21H21ClN10O2/c1-3-25-18-19-26-8-13(7-24)32(19)30-20(29-18)27-14-4-12(6-23)5-16(17(14)22)31-9-11(2)15(10-31)28-21(33)34/h4-5,8,11,15,28H,3,9-10H2,1-2H3,(H,33,34)(H2,25,27,29,30)/t11-,15-/m1/s1. The molecule has 3 heterocycles. The third kappa shape index (κ3) is 4.31. The number of halogens is 1. The number of hydrogen-bond acceptors (Lipinski definition) is 9. The molecule has 2 atom stereocenters. The fourth-order valence-corrected chi connectivity index (χ4v) is 4.20. The van der Waals surface area contributed by atoms with Gasteiger partial charge in [-0.1, -0.05) is 18.5 Å². The lowest BCUT2D eigenvalue weighted by molar-refractivity contribution is 0.188. The van der Waals surface area contributed by atoms with Gasteiger partial charge in [-0.15, -0.1) is 5.10 Å². The monoisotopic (exact) mass is 480 g/mol. The molecule has 0 saturated carbocycles. The molecule has 3 aromatic rings. The average molecular weight is 481 g/mol. The van der Waals surface area contributed by atoms with E-state index in [-0.39, 0.29) is 23.6 Å². The van der Waals surface area contributed by atoms with E-state index in [0.717, 1.165) is 0 Å². The van der Waals surface area contributed by atoms with Crippen LogP contribution in [0.4, 0.5) is 27.9 Å². The fraction of sp³-hybridized carbons (Fsp3) is 0.333. The maximum absolute atomic E-state index is 11.1. The normalized spacial score (nSPS) is 17.3. The molecule has 1 aliphatic rings. The van der Waals surface area contributed by atoms with Crippen LogP contribution >= 0.6 is 11.6 Å². The average Bonchev–Trinajstić information content (AvgIpc) is 3.38. The van der Waals surface area contributed by atoms with Gasteiger partial charge >= 0.3 is 6.09 Å². The highest BCUT2D eigenvalue weighted by Gasteiger charge is 2.32. The third-order valence-corrected chi connectivity index (χ3v) is 5.91. The van der Waals surface area contributed by atoms with Crippen LogP contribution in [0.25, 0.3) is 5.65 Å². The first kappa shape index (κ1) is 22.9. The van der Waals surface area contributed by atoms with Crippen molar-refractivity contribution in [3.05, 3.63) is 34.6 Å². The molecule has 1 amide bonds. The Morgan fingerprint density at radius 3 is 2.79 bits per heavy atom. The Balaban J connectivity index is 1.72. The second-order valence-electron chi connectivity index (χ2n) is 7.84. The molecule has 12 nitrogen and oxygen atoms in total. The molecule has 1 aromatic carbocycles. The van der Waals surface area contributed by atoms with E-state index in [1.807, 2.05) is 24.8 Å². The highest BCUT2D eigenvalue weighted by molar-refractivity contribution is 6.36. The Hall–Kier alpha value is -4.29. The Bertz CT molecular complexity index is 1340. The largest absolute Gasteiger partial charge is 0.465 e. The number of imidazole rings is 1. The van der Waals surface area contributed by atoms with Gasteiger partial charge in [-0.25, -0.2) is 9.78 Å². The number of carbonyl (C=O) groups is 1. The maximum Gasteiger partial charge on any atom is 0.404 e. The van der Waals surface area contributed by atoms with Crippen molar-refractivity contribution in [3.8, 4) is 12.1 Å². The van der Waals surface area contributed by atoms with Crippen LogP contribution in [0.15, 0.2) is 18.3 Å². The van der Waals surface area contributed by atoms with Gasteiger partial charge in [0, 0.05) is 19.6 Å². The zero-order chi connectivity index (χ0) is 24.4. The molecule has 0 aliphatic carbocycles. The number of anilines is 4. The number of hydrogen-bond donors (Lipinski definition) is 4. The van der Waals surface area contributed by atoms with Crippen LogP contribution in [-0.2, 0) is 0 Å². The number of nitrogens with one attached hydrogen (secondary N) is 3. The molecule has 0 unspecified atom stereocenters. The SMILES string of the molecule is CCNc1nc(Nc2cc(C#N)cc(N3C[C@@H](C)[C@H](NC(=O)O)C3)c2Cl)nn2c(C#N)cnc12. The van der Waals surface area contributed by atoms with Gasteiger partial charge in [0.1, 0.15) is 6.07 Å². The Morgan fingerprint density at radius 1 is 1.32 bits per heavy atom. The molecule has 34 heavy (non-hydrogen) atoms. The van der Waals surface area contributed by atoms with E-state index in [1.165, 1.54) is 10.7 Å². The Kier molecular flexibility index (Phi) is 6.25. The highest BCUT2D eigenvalue weighted by atomic mass is 35.5. The van der Waals surface area contributed by atoms with Crippen molar-refractivity contribution < 1.29 is 9.90 Å². The molecule has 13 heteroatoms. The Morgan fingerprint density at radius 2 is 2.12 bits per heavy atom. The Labute approximate surface area is 199 Å². The van der Waals surface area contributed by atoms with Gasteiger partial charge in [0.05, 0.1) is 40.3 Å². The molecule has 1 fully saturated rings. The van der Waals surface area contributed by atoms with Gasteiger partial charge < -0.3 is 26.0 Å². The summed E-state index contributed by atoms with van der Waals surface area (Å²) >= 11 is 6.73. The van der Waals surface area contributed by atoms with Crippen molar-refractivity contribution >= 4 is 46.5 Å². The number of nitrogens with zero attached hydrogens (tertiary/aromatic N) is 7. The van der Waals surface area contributed by atoms with Crippen LogP contribution < -0.4 is 20.9 Å². The zero-order valence-electron chi connectivity index (χ0n) is 18.4. The second-order valence-corrected chi connectivity index (χ2v) is 8.21. The topological polar surface area (TPSA) is 167 Å². The smallest absolute Gasteiger partial charge is 0.404 e. The summed E-state index contributed by atoms with van der Waals surface area (Å²) in [6.07, 6.45) is 0.324. The van der Waals surface area contributed by atoms with Gasteiger partial charge in [0.25, 0.3) is 0 Å². The van der Waals surface area contributed by atoms with Crippen LogP contribution in [0.1, 0.15) is 25.1 Å². The van der Waals surface area contributed by atoms with Gasteiger partial charge in [-0.05, 0) is 25.0 Å². The first-order valence-electron chi connectivity index (χ1n) is 10.5. The minimum absolute atomic E-state index is 0.0494. The summed E-state index contributed by atoms with van der Waals surface area (Å²) in [4.78, 5) is 21.7. The molecule has 174 valence electrons. The van der Waals surface area contributed by atoms with Crippen molar-refractivity contribution in [2.75, 3.05) is 35.2 Å². The molecule has 0 spiro atoms. The summed E-state index contributed by atoms with van der Waals surface area (Å²) in [7, 11) is 0. The van der Waals surface area contributed by atoms with E-state index >= 15 is 0 Å². The van der Waals surface area contributed by atoms with Crippen LogP contribution in [0.5, 0.6) is 0 Å². The van der Waals surface area contributed by atoms with Crippen LogP contribution in [0.3, 0.4) is 0 Å². The quantitative estimate of drug-likeness (QED) is 0.411. The van der Waals surface area contributed by atoms with Crippen LogP contribution in [-0.4, -0.2) is 56.5 Å². The third-order valence-electron chi connectivity index (χ3n) is 5.51. The molecule has 1 saturated heterocycles. The van der Waals surface area contributed by atoms with Crippen LogP contribution in [0.2, 0.25) is 5.02 Å². The molecule has 4 rings (SSSR count). The summed E-state index contributed by atoms with van der Waals surface area (Å²) in [6.45, 7) is 5.41. The van der Waals surface area contributed by atoms with E-state index in [4.69, 9.17) is 16.7 Å². The summed E-state index contributed by atoms with van der Waals surface area (Å²) in [5.74, 6) is 0.639. The predicted octanol–water partition coefficient (Wildman–Crippen LogP) is 2.79. The molecule has 0 radical (unpaired) electrons. The van der Waals surface area contributed by atoms with E-state index in [9.17, 15) is 15.3 Å². The molecule has 2 aromatic heterocycles. The van der Waals surface area contributed by atoms with Crippen molar-refractivity contribution in [1.82, 2.24) is 24.9 Å². The first-order chi connectivity index (χ1) is 16.3. The van der Waals surface area contributed by atoms with E-state index < -0.39 is 6.09 Å². The molecule has 0 bridgehead atoms. The van der Waals surface area contributed by atoms with Gasteiger partial charge in [-0.2, -0.15) is 20.0 Å². The van der Waals surface area contributed by atoms with Gasteiger partial charge in [-0.3, -0.25) is 0 Å². The van der Waals surface area contributed by atoms with E-state index in [1.54, 1.807) is 12.1 Å². The number of aromatic nitrogens is 4.